The Morgan fingerprint density at radius 1 is 1.35 bits per heavy atom. The van der Waals surface area contributed by atoms with E-state index in [9.17, 15) is 9.59 Å². The lowest BCUT2D eigenvalue weighted by molar-refractivity contribution is -0.117. The second kappa shape index (κ2) is 8.29. The smallest absolute Gasteiger partial charge is 0.318 e. The second-order valence-electron chi connectivity index (χ2n) is 6.35. The lowest BCUT2D eigenvalue weighted by Crippen LogP contribution is -2.50. The average molecular weight is 338 g/mol. The van der Waals surface area contributed by atoms with Gasteiger partial charge in [0.1, 0.15) is 6.54 Å². The van der Waals surface area contributed by atoms with Crippen molar-refractivity contribution >= 4 is 28.4 Å². The molecule has 0 saturated heterocycles. The van der Waals surface area contributed by atoms with Gasteiger partial charge in [0, 0.05) is 17.5 Å². The molecule has 1 aromatic rings. The summed E-state index contributed by atoms with van der Waals surface area (Å²) in [7, 11) is 0. The van der Waals surface area contributed by atoms with Crippen LogP contribution in [0.15, 0.2) is 5.38 Å². The van der Waals surface area contributed by atoms with Gasteiger partial charge in [0.25, 0.3) is 0 Å². The molecule has 3 amide bonds. The zero-order chi connectivity index (χ0) is 16.8. The Kier molecular flexibility index (Phi) is 6.38. The van der Waals surface area contributed by atoms with E-state index in [4.69, 9.17) is 0 Å². The fraction of sp³-hybridized carbons (Fsp3) is 0.688. The van der Waals surface area contributed by atoms with Crippen LogP contribution in [0.5, 0.6) is 0 Å². The minimum atomic E-state index is -0.216. The van der Waals surface area contributed by atoms with Crippen molar-refractivity contribution in [3.8, 4) is 0 Å². The molecule has 0 spiro atoms. The van der Waals surface area contributed by atoms with Gasteiger partial charge in [0.2, 0.25) is 5.91 Å². The highest BCUT2D eigenvalue weighted by atomic mass is 32.1. The van der Waals surface area contributed by atoms with Gasteiger partial charge in [-0.05, 0) is 33.6 Å². The maximum absolute atomic E-state index is 12.5. The van der Waals surface area contributed by atoms with Crippen LogP contribution in [-0.2, 0) is 4.79 Å². The van der Waals surface area contributed by atoms with E-state index in [2.05, 4.69) is 15.6 Å². The predicted octanol–water partition coefficient (Wildman–Crippen LogP) is 3.14. The number of carbonyl (C=O) groups excluding carboxylic acids is 2. The minimum absolute atomic E-state index is 0.0366. The first kappa shape index (κ1) is 17.7. The van der Waals surface area contributed by atoms with Gasteiger partial charge in [-0.25, -0.2) is 9.78 Å². The number of rotatable bonds is 5. The Balaban J connectivity index is 1.89. The van der Waals surface area contributed by atoms with E-state index in [-0.39, 0.29) is 30.6 Å². The molecule has 1 saturated carbocycles. The van der Waals surface area contributed by atoms with Crippen molar-refractivity contribution in [2.75, 3.05) is 11.9 Å². The van der Waals surface area contributed by atoms with E-state index in [0.717, 1.165) is 31.4 Å². The third kappa shape index (κ3) is 5.49. The van der Waals surface area contributed by atoms with E-state index in [1.807, 2.05) is 26.2 Å². The molecule has 0 atom stereocenters. The van der Waals surface area contributed by atoms with E-state index >= 15 is 0 Å². The molecule has 128 valence electrons. The van der Waals surface area contributed by atoms with Crippen LogP contribution >= 0.6 is 11.3 Å². The number of nitrogens with zero attached hydrogens (tertiary/aromatic N) is 2. The van der Waals surface area contributed by atoms with Crippen molar-refractivity contribution in [2.24, 2.45) is 0 Å². The molecule has 23 heavy (non-hydrogen) atoms. The number of hydrogen-bond donors (Lipinski definition) is 2. The summed E-state index contributed by atoms with van der Waals surface area (Å²) in [4.78, 5) is 30.4. The van der Waals surface area contributed by atoms with Crippen LogP contribution in [-0.4, -0.2) is 40.5 Å². The van der Waals surface area contributed by atoms with Gasteiger partial charge in [-0.1, -0.05) is 19.3 Å². The van der Waals surface area contributed by atoms with Crippen molar-refractivity contribution < 1.29 is 9.59 Å². The third-order valence-electron chi connectivity index (χ3n) is 4.00. The Bertz CT molecular complexity index is 538. The molecule has 0 unspecified atom stereocenters. The largest absolute Gasteiger partial charge is 0.335 e. The molecule has 2 rings (SSSR count). The van der Waals surface area contributed by atoms with Crippen LogP contribution in [0.2, 0.25) is 0 Å². The molecule has 6 nitrogen and oxygen atoms in total. The van der Waals surface area contributed by atoms with Gasteiger partial charge in [0.05, 0.1) is 5.69 Å². The van der Waals surface area contributed by atoms with Gasteiger partial charge in [-0.2, -0.15) is 0 Å². The summed E-state index contributed by atoms with van der Waals surface area (Å²) < 4.78 is 0. The highest BCUT2D eigenvalue weighted by molar-refractivity contribution is 7.13. The van der Waals surface area contributed by atoms with Crippen LogP contribution in [0.1, 0.15) is 51.6 Å². The molecule has 1 aliphatic carbocycles. The first-order valence-electron chi connectivity index (χ1n) is 8.25. The molecule has 0 bridgehead atoms. The average Bonchev–Trinajstić information content (AvgIpc) is 2.90. The standard InChI is InChI=1S/C16H26N4O2S/c1-11(2)20(16(22)18-13-7-5-4-6-8-13)9-14(21)19-15-17-12(3)10-23-15/h10-11,13H,4-9H2,1-3H3,(H,18,22)(H,17,19,21). The molecule has 1 heterocycles. The Hall–Kier alpha value is -1.63. The molecule has 1 aromatic heterocycles. The highest BCUT2D eigenvalue weighted by Crippen LogP contribution is 2.18. The van der Waals surface area contributed by atoms with Crippen molar-refractivity contribution in [2.45, 2.75) is 65.0 Å². The summed E-state index contributed by atoms with van der Waals surface area (Å²) in [5.41, 5.74) is 0.876. The van der Waals surface area contributed by atoms with E-state index in [0.29, 0.717) is 5.13 Å². The van der Waals surface area contributed by atoms with Crippen LogP contribution < -0.4 is 10.6 Å². The molecule has 1 aliphatic rings. The quantitative estimate of drug-likeness (QED) is 0.866. The first-order chi connectivity index (χ1) is 11.0. The number of urea groups is 1. The van der Waals surface area contributed by atoms with Crippen molar-refractivity contribution in [3.05, 3.63) is 11.1 Å². The zero-order valence-corrected chi connectivity index (χ0v) is 14.9. The van der Waals surface area contributed by atoms with Crippen molar-refractivity contribution in [1.29, 1.82) is 0 Å². The predicted molar refractivity (Wildman–Crippen MR) is 92.7 cm³/mol. The van der Waals surface area contributed by atoms with Crippen LogP contribution in [0.25, 0.3) is 0 Å². The monoisotopic (exact) mass is 338 g/mol. The van der Waals surface area contributed by atoms with Crippen molar-refractivity contribution in [3.63, 3.8) is 0 Å². The summed E-state index contributed by atoms with van der Waals surface area (Å²) in [6.07, 6.45) is 5.63. The lowest BCUT2D eigenvalue weighted by atomic mass is 9.96. The summed E-state index contributed by atoms with van der Waals surface area (Å²) in [6.45, 7) is 5.75. The third-order valence-corrected chi connectivity index (χ3v) is 4.87. The molecular weight excluding hydrogens is 312 g/mol. The van der Waals surface area contributed by atoms with Gasteiger partial charge in [-0.3, -0.25) is 4.79 Å². The maximum atomic E-state index is 12.5. The number of anilines is 1. The summed E-state index contributed by atoms with van der Waals surface area (Å²) in [6, 6.07) is 0.0434. The number of aromatic nitrogens is 1. The van der Waals surface area contributed by atoms with Crippen molar-refractivity contribution in [1.82, 2.24) is 15.2 Å². The molecule has 0 aromatic carbocycles. The van der Waals surface area contributed by atoms with Gasteiger partial charge in [-0.15, -0.1) is 11.3 Å². The number of carbonyl (C=O) groups is 2. The summed E-state index contributed by atoms with van der Waals surface area (Å²) >= 11 is 1.39. The number of thiazole rings is 1. The maximum Gasteiger partial charge on any atom is 0.318 e. The van der Waals surface area contributed by atoms with E-state index in [1.165, 1.54) is 17.8 Å². The Morgan fingerprint density at radius 3 is 2.61 bits per heavy atom. The molecule has 0 aliphatic heterocycles. The fourth-order valence-corrected chi connectivity index (χ4v) is 3.42. The Morgan fingerprint density at radius 2 is 2.04 bits per heavy atom. The second-order valence-corrected chi connectivity index (χ2v) is 7.21. The SMILES string of the molecule is Cc1csc(NC(=O)CN(C(=O)NC2CCCCC2)C(C)C)n1. The molecular formula is C16H26N4O2S. The van der Waals surface area contributed by atoms with Gasteiger partial charge < -0.3 is 15.5 Å². The highest BCUT2D eigenvalue weighted by Gasteiger charge is 2.23. The summed E-state index contributed by atoms with van der Waals surface area (Å²) in [5.74, 6) is -0.216. The van der Waals surface area contributed by atoms with Gasteiger partial charge in [0.15, 0.2) is 5.13 Å². The molecule has 0 radical (unpaired) electrons. The normalized spacial score (nSPS) is 15.5. The Labute approximate surface area is 141 Å². The minimum Gasteiger partial charge on any atom is -0.335 e. The zero-order valence-electron chi connectivity index (χ0n) is 14.1. The summed E-state index contributed by atoms with van der Waals surface area (Å²) in [5, 5.41) is 8.27. The number of aryl methyl sites for hydroxylation is 1. The number of hydrogen-bond acceptors (Lipinski definition) is 4. The molecule has 1 fully saturated rings. The fourth-order valence-electron chi connectivity index (χ4n) is 2.72. The van der Waals surface area contributed by atoms with Crippen LogP contribution in [0.4, 0.5) is 9.93 Å². The van der Waals surface area contributed by atoms with Crippen LogP contribution in [0.3, 0.4) is 0 Å². The first-order valence-corrected chi connectivity index (χ1v) is 9.13. The topological polar surface area (TPSA) is 74.3 Å². The number of amides is 3. The lowest BCUT2D eigenvalue weighted by Gasteiger charge is -2.30. The van der Waals surface area contributed by atoms with E-state index in [1.54, 1.807) is 4.90 Å². The van der Waals surface area contributed by atoms with Gasteiger partial charge >= 0.3 is 6.03 Å². The number of nitrogens with one attached hydrogen (secondary N) is 2. The van der Waals surface area contributed by atoms with Crippen LogP contribution in [0, 0.1) is 6.92 Å². The van der Waals surface area contributed by atoms with E-state index < -0.39 is 0 Å². The molecule has 7 heteroatoms. The molecule has 2 N–H and O–H groups in total.